The summed E-state index contributed by atoms with van der Waals surface area (Å²) in [5, 5.41) is 10.6. The van der Waals surface area contributed by atoms with E-state index in [-0.39, 0.29) is 23.5 Å². The summed E-state index contributed by atoms with van der Waals surface area (Å²) in [5.41, 5.74) is -0.675. The summed E-state index contributed by atoms with van der Waals surface area (Å²) in [6, 6.07) is 6.68. The predicted octanol–water partition coefficient (Wildman–Crippen LogP) is 4.82. The van der Waals surface area contributed by atoms with Crippen LogP contribution in [0.2, 0.25) is 0 Å². The maximum absolute atomic E-state index is 12.2. The summed E-state index contributed by atoms with van der Waals surface area (Å²) in [6.07, 6.45) is 7.97. The molecule has 0 aliphatic carbocycles. The fraction of sp³-hybridized carbons (Fsp3) is 0.474. The normalized spacial score (nSPS) is 11.0. The minimum atomic E-state index is -0.755. The molecule has 124 valence electrons. The molecule has 0 saturated carbocycles. The molecule has 0 saturated heterocycles. The van der Waals surface area contributed by atoms with E-state index in [0.717, 1.165) is 19.3 Å². The van der Waals surface area contributed by atoms with Crippen LogP contribution in [0.3, 0.4) is 0 Å². The number of Topliss-reactive ketones (excluding diaryl/α,β-unsaturated/α-hetero) is 1. The molecule has 2 rings (SSSR count). The predicted molar refractivity (Wildman–Crippen MR) is 91.1 cm³/mol. The zero-order valence-electron chi connectivity index (χ0n) is 13.6. The number of benzene rings is 1. The van der Waals surface area contributed by atoms with Gasteiger partial charge in [-0.05, 0) is 18.6 Å². The van der Waals surface area contributed by atoms with Crippen molar-refractivity contribution in [3.8, 4) is 5.75 Å². The van der Waals surface area contributed by atoms with Gasteiger partial charge in [0.2, 0.25) is 0 Å². The van der Waals surface area contributed by atoms with Crippen LogP contribution < -0.4 is 5.63 Å². The number of aromatic hydroxyl groups is 1. The average molecular weight is 316 g/mol. The minimum Gasteiger partial charge on any atom is -0.506 e. The van der Waals surface area contributed by atoms with Crippen LogP contribution in [0.4, 0.5) is 0 Å². The number of fused-ring (bicyclic) bond motifs is 1. The number of rotatable bonds is 9. The third-order valence-electron chi connectivity index (χ3n) is 4.07. The second kappa shape index (κ2) is 8.51. The van der Waals surface area contributed by atoms with E-state index in [0.29, 0.717) is 11.0 Å². The zero-order chi connectivity index (χ0) is 16.7. The van der Waals surface area contributed by atoms with Gasteiger partial charge in [-0.15, -0.1) is 0 Å². The largest absolute Gasteiger partial charge is 0.506 e. The molecule has 0 unspecified atom stereocenters. The van der Waals surface area contributed by atoms with E-state index in [4.69, 9.17) is 4.42 Å². The van der Waals surface area contributed by atoms with Crippen molar-refractivity contribution in [3.05, 3.63) is 40.2 Å². The van der Waals surface area contributed by atoms with Crippen LogP contribution in [0.1, 0.15) is 68.6 Å². The molecule has 1 aromatic heterocycles. The number of para-hydroxylation sites is 1. The van der Waals surface area contributed by atoms with E-state index in [1.165, 1.54) is 25.7 Å². The van der Waals surface area contributed by atoms with Crippen LogP contribution in [0.15, 0.2) is 33.5 Å². The lowest BCUT2D eigenvalue weighted by Gasteiger charge is -2.05. The van der Waals surface area contributed by atoms with Crippen molar-refractivity contribution in [2.24, 2.45) is 0 Å². The standard InChI is InChI=1S/C19H24O4/c1-2-3-4-5-6-7-8-12-15(20)17-18(21)14-11-9-10-13-16(14)23-19(17)22/h9-11,13,21H,2-8,12H2,1H3. The third-order valence-corrected chi connectivity index (χ3v) is 4.07. The molecule has 1 aromatic carbocycles. The molecular formula is C19H24O4. The molecule has 4 heteroatoms. The molecule has 0 amide bonds. The van der Waals surface area contributed by atoms with Gasteiger partial charge in [0.05, 0.1) is 5.39 Å². The molecule has 1 heterocycles. The quantitative estimate of drug-likeness (QED) is 0.409. The van der Waals surface area contributed by atoms with Gasteiger partial charge in [0, 0.05) is 6.42 Å². The maximum Gasteiger partial charge on any atom is 0.351 e. The Morgan fingerprint density at radius 2 is 1.70 bits per heavy atom. The van der Waals surface area contributed by atoms with Crippen LogP contribution in [-0.2, 0) is 0 Å². The fourth-order valence-electron chi connectivity index (χ4n) is 2.75. The Kier molecular flexibility index (Phi) is 6.39. The monoisotopic (exact) mass is 316 g/mol. The molecule has 0 bridgehead atoms. The molecular weight excluding hydrogens is 292 g/mol. The lowest BCUT2D eigenvalue weighted by Crippen LogP contribution is -2.14. The van der Waals surface area contributed by atoms with Gasteiger partial charge in [0.1, 0.15) is 16.9 Å². The Balaban J connectivity index is 1.97. The molecule has 1 N–H and O–H groups in total. The SMILES string of the molecule is CCCCCCCCCC(=O)c1c(O)c2ccccc2oc1=O. The van der Waals surface area contributed by atoms with Gasteiger partial charge >= 0.3 is 5.63 Å². The van der Waals surface area contributed by atoms with E-state index in [1.54, 1.807) is 24.3 Å². The summed E-state index contributed by atoms with van der Waals surface area (Å²) in [7, 11) is 0. The third kappa shape index (κ3) is 4.44. The molecule has 0 spiro atoms. The van der Waals surface area contributed by atoms with Gasteiger partial charge in [-0.25, -0.2) is 4.79 Å². The maximum atomic E-state index is 12.2. The highest BCUT2D eigenvalue weighted by Gasteiger charge is 2.20. The van der Waals surface area contributed by atoms with Crippen molar-refractivity contribution in [3.63, 3.8) is 0 Å². The molecule has 0 aliphatic rings. The number of carbonyl (C=O) groups is 1. The van der Waals surface area contributed by atoms with Gasteiger partial charge in [-0.3, -0.25) is 4.79 Å². The molecule has 4 nitrogen and oxygen atoms in total. The van der Waals surface area contributed by atoms with E-state index in [1.807, 2.05) is 0 Å². The van der Waals surface area contributed by atoms with Crippen LogP contribution in [0, 0.1) is 0 Å². The van der Waals surface area contributed by atoms with Crippen molar-refractivity contribution in [1.29, 1.82) is 0 Å². The second-order valence-corrected chi connectivity index (χ2v) is 5.90. The number of unbranched alkanes of at least 4 members (excludes halogenated alkanes) is 6. The molecule has 0 radical (unpaired) electrons. The number of hydrogen-bond donors (Lipinski definition) is 1. The molecule has 0 fully saturated rings. The van der Waals surface area contributed by atoms with Gasteiger partial charge in [0.15, 0.2) is 5.78 Å². The van der Waals surface area contributed by atoms with Crippen LogP contribution in [-0.4, -0.2) is 10.9 Å². The highest BCUT2D eigenvalue weighted by Crippen LogP contribution is 2.27. The fourth-order valence-corrected chi connectivity index (χ4v) is 2.75. The second-order valence-electron chi connectivity index (χ2n) is 5.90. The van der Waals surface area contributed by atoms with Crippen molar-refractivity contribution in [2.75, 3.05) is 0 Å². The van der Waals surface area contributed by atoms with Gasteiger partial charge in [0.25, 0.3) is 0 Å². The smallest absolute Gasteiger partial charge is 0.351 e. The van der Waals surface area contributed by atoms with Crippen molar-refractivity contribution < 1.29 is 14.3 Å². The van der Waals surface area contributed by atoms with Crippen molar-refractivity contribution in [2.45, 2.75) is 58.3 Å². The van der Waals surface area contributed by atoms with Crippen LogP contribution >= 0.6 is 0 Å². The van der Waals surface area contributed by atoms with E-state index in [2.05, 4.69) is 6.92 Å². The topological polar surface area (TPSA) is 67.5 Å². The first-order valence-corrected chi connectivity index (χ1v) is 8.43. The lowest BCUT2D eigenvalue weighted by atomic mass is 10.0. The number of ketones is 1. The Morgan fingerprint density at radius 3 is 2.43 bits per heavy atom. The number of carbonyl (C=O) groups excluding carboxylic acids is 1. The van der Waals surface area contributed by atoms with E-state index < -0.39 is 5.63 Å². The summed E-state index contributed by atoms with van der Waals surface area (Å²) in [6.45, 7) is 2.18. The van der Waals surface area contributed by atoms with Crippen molar-refractivity contribution in [1.82, 2.24) is 0 Å². The van der Waals surface area contributed by atoms with Crippen LogP contribution in [0.5, 0.6) is 5.75 Å². The van der Waals surface area contributed by atoms with Crippen molar-refractivity contribution >= 4 is 16.8 Å². The highest BCUT2D eigenvalue weighted by molar-refractivity contribution is 6.02. The Bertz CT molecular complexity index is 715. The molecule has 2 aromatic rings. The summed E-state index contributed by atoms with van der Waals surface area (Å²) < 4.78 is 5.13. The molecule has 23 heavy (non-hydrogen) atoms. The van der Waals surface area contributed by atoms with Gasteiger partial charge in [-0.1, -0.05) is 57.6 Å². The number of hydrogen-bond acceptors (Lipinski definition) is 4. The first kappa shape index (κ1) is 17.3. The first-order chi connectivity index (χ1) is 11.1. The first-order valence-electron chi connectivity index (χ1n) is 8.43. The summed E-state index contributed by atoms with van der Waals surface area (Å²) in [5.74, 6) is -0.597. The Morgan fingerprint density at radius 1 is 1.04 bits per heavy atom. The minimum absolute atomic E-state index is 0.213. The van der Waals surface area contributed by atoms with E-state index in [9.17, 15) is 14.7 Å². The summed E-state index contributed by atoms with van der Waals surface area (Å²) >= 11 is 0. The van der Waals surface area contributed by atoms with Gasteiger partial charge < -0.3 is 9.52 Å². The zero-order valence-corrected chi connectivity index (χ0v) is 13.6. The van der Waals surface area contributed by atoms with E-state index >= 15 is 0 Å². The molecule has 0 atom stereocenters. The van der Waals surface area contributed by atoms with Crippen LogP contribution in [0.25, 0.3) is 11.0 Å². The average Bonchev–Trinajstić information content (AvgIpc) is 2.54. The Labute approximate surface area is 136 Å². The summed E-state index contributed by atoms with van der Waals surface area (Å²) in [4.78, 5) is 24.2. The molecule has 0 aliphatic heterocycles. The Hall–Kier alpha value is -2.10. The highest BCUT2D eigenvalue weighted by atomic mass is 16.4. The lowest BCUT2D eigenvalue weighted by molar-refractivity contribution is 0.0973. The van der Waals surface area contributed by atoms with Gasteiger partial charge in [-0.2, -0.15) is 0 Å².